The quantitative estimate of drug-likeness (QED) is 0.797. The molecule has 1 atom stereocenters. The largest absolute Gasteiger partial charge is 0.335 e. The summed E-state index contributed by atoms with van der Waals surface area (Å²) in [7, 11) is 0. The van der Waals surface area contributed by atoms with E-state index >= 15 is 0 Å². The van der Waals surface area contributed by atoms with Crippen LogP contribution in [0.4, 0.5) is 10.5 Å². The molecule has 1 saturated heterocycles. The molecule has 1 fully saturated rings. The molecule has 104 valence electrons. The van der Waals surface area contributed by atoms with Gasteiger partial charge in [0, 0.05) is 17.8 Å². The van der Waals surface area contributed by atoms with Gasteiger partial charge in [0.15, 0.2) is 0 Å². The first-order valence-electron chi connectivity index (χ1n) is 6.66. The van der Waals surface area contributed by atoms with Crippen LogP contribution in [-0.2, 0) is 0 Å². The van der Waals surface area contributed by atoms with E-state index < -0.39 is 0 Å². The predicted molar refractivity (Wildman–Crippen MR) is 81.5 cm³/mol. The Morgan fingerprint density at radius 2 is 2.16 bits per heavy atom. The highest BCUT2D eigenvalue weighted by Crippen LogP contribution is 2.18. The molecule has 1 aliphatic rings. The highest BCUT2D eigenvalue weighted by atomic mass is 32.2. The van der Waals surface area contributed by atoms with Crippen molar-refractivity contribution in [3.05, 3.63) is 29.8 Å². The Morgan fingerprint density at radius 3 is 2.84 bits per heavy atom. The van der Waals surface area contributed by atoms with Crippen molar-refractivity contribution in [2.45, 2.75) is 31.8 Å². The molecule has 5 heteroatoms. The van der Waals surface area contributed by atoms with Crippen LogP contribution in [0.15, 0.2) is 24.3 Å². The molecule has 19 heavy (non-hydrogen) atoms. The first-order valence-corrected chi connectivity index (χ1v) is 7.81. The molecule has 2 amide bonds. The number of rotatable bonds is 3. The Hall–Kier alpha value is -1.20. The highest BCUT2D eigenvalue weighted by Gasteiger charge is 2.15. The number of carbonyl (C=O) groups is 1. The molecule has 0 aliphatic carbocycles. The average Bonchev–Trinajstić information content (AvgIpc) is 2.40. The maximum Gasteiger partial charge on any atom is 0.319 e. The summed E-state index contributed by atoms with van der Waals surface area (Å²) in [5.41, 5.74) is 7.64. The third kappa shape index (κ3) is 4.44. The van der Waals surface area contributed by atoms with Crippen LogP contribution in [0.25, 0.3) is 0 Å². The SMILES string of the molecule is CC(N)c1cccc(NC(=O)NC2CCSCC2)c1. The zero-order valence-corrected chi connectivity index (χ0v) is 12.0. The maximum atomic E-state index is 11.9. The molecule has 4 nitrogen and oxygen atoms in total. The normalized spacial score (nSPS) is 17.8. The third-order valence-electron chi connectivity index (χ3n) is 3.23. The standard InChI is InChI=1S/C14H21N3OS/c1-10(15)11-3-2-4-13(9-11)17-14(18)16-12-5-7-19-8-6-12/h2-4,9-10,12H,5-8,15H2,1H3,(H2,16,17,18). The van der Waals surface area contributed by atoms with Gasteiger partial charge in [-0.15, -0.1) is 0 Å². The lowest BCUT2D eigenvalue weighted by Gasteiger charge is -2.22. The average molecular weight is 279 g/mol. The van der Waals surface area contributed by atoms with Crippen LogP contribution in [0, 0.1) is 0 Å². The summed E-state index contributed by atoms with van der Waals surface area (Å²) in [6.07, 6.45) is 2.11. The lowest BCUT2D eigenvalue weighted by atomic mass is 10.1. The molecule has 0 spiro atoms. The van der Waals surface area contributed by atoms with Gasteiger partial charge in [-0.2, -0.15) is 11.8 Å². The van der Waals surface area contributed by atoms with Crippen molar-refractivity contribution in [3.8, 4) is 0 Å². The van der Waals surface area contributed by atoms with Crippen molar-refractivity contribution < 1.29 is 4.79 Å². The second kappa shape index (κ2) is 6.82. The summed E-state index contributed by atoms with van der Waals surface area (Å²) < 4.78 is 0. The summed E-state index contributed by atoms with van der Waals surface area (Å²) >= 11 is 1.95. The highest BCUT2D eigenvalue weighted by molar-refractivity contribution is 7.99. The number of anilines is 1. The van der Waals surface area contributed by atoms with E-state index in [-0.39, 0.29) is 12.1 Å². The summed E-state index contributed by atoms with van der Waals surface area (Å²) in [5.74, 6) is 2.26. The van der Waals surface area contributed by atoms with E-state index in [0.29, 0.717) is 6.04 Å². The molecule has 1 aromatic rings. The van der Waals surface area contributed by atoms with E-state index in [1.54, 1.807) is 0 Å². The molecule has 0 aromatic heterocycles. The molecule has 1 aliphatic heterocycles. The number of amides is 2. The van der Waals surface area contributed by atoms with Gasteiger partial charge in [-0.1, -0.05) is 12.1 Å². The van der Waals surface area contributed by atoms with Crippen LogP contribution in [0.5, 0.6) is 0 Å². The van der Waals surface area contributed by atoms with Crippen LogP contribution in [0.3, 0.4) is 0 Å². The van der Waals surface area contributed by atoms with Gasteiger partial charge >= 0.3 is 6.03 Å². The van der Waals surface area contributed by atoms with Crippen molar-refractivity contribution in [1.82, 2.24) is 5.32 Å². The van der Waals surface area contributed by atoms with Gasteiger partial charge in [0.1, 0.15) is 0 Å². The van der Waals surface area contributed by atoms with Crippen molar-refractivity contribution in [2.75, 3.05) is 16.8 Å². The Bertz CT molecular complexity index is 430. The summed E-state index contributed by atoms with van der Waals surface area (Å²) in [6, 6.07) is 7.82. The Labute approximate surface area is 118 Å². The fraction of sp³-hybridized carbons (Fsp3) is 0.500. The zero-order chi connectivity index (χ0) is 13.7. The number of hydrogen-bond acceptors (Lipinski definition) is 3. The monoisotopic (exact) mass is 279 g/mol. The third-order valence-corrected chi connectivity index (χ3v) is 4.28. The topological polar surface area (TPSA) is 67.1 Å². The Balaban J connectivity index is 1.89. The second-order valence-electron chi connectivity index (χ2n) is 4.90. The molecule has 1 heterocycles. The van der Waals surface area contributed by atoms with Crippen LogP contribution in [0.2, 0.25) is 0 Å². The molecular weight excluding hydrogens is 258 g/mol. The summed E-state index contributed by atoms with van der Waals surface area (Å²) in [5, 5.41) is 5.89. The van der Waals surface area contributed by atoms with Crippen LogP contribution < -0.4 is 16.4 Å². The van der Waals surface area contributed by atoms with Crippen LogP contribution in [-0.4, -0.2) is 23.6 Å². The van der Waals surface area contributed by atoms with Gasteiger partial charge in [0.2, 0.25) is 0 Å². The zero-order valence-electron chi connectivity index (χ0n) is 11.2. The number of benzene rings is 1. The second-order valence-corrected chi connectivity index (χ2v) is 6.12. The first-order chi connectivity index (χ1) is 9.15. The summed E-state index contributed by atoms with van der Waals surface area (Å²) in [6.45, 7) is 1.93. The maximum absolute atomic E-state index is 11.9. The molecular formula is C14H21N3OS. The predicted octanol–water partition coefficient (Wildman–Crippen LogP) is 2.72. The van der Waals surface area contributed by atoms with Crippen molar-refractivity contribution in [3.63, 3.8) is 0 Å². The van der Waals surface area contributed by atoms with E-state index in [1.807, 2.05) is 43.0 Å². The van der Waals surface area contributed by atoms with E-state index in [9.17, 15) is 4.79 Å². The Morgan fingerprint density at radius 1 is 1.42 bits per heavy atom. The molecule has 1 aromatic carbocycles. The molecule has 0 bridgehead atoms. The minimum atomic E-state index is -0.126. The fourth-order valence-corrected chi connectivity index (χ4v) is 3.20. The molecule has 0 radical (unpaired) electrons. The lowest BCUT2D eigenvalue weighted by Crippen LogP contribution is -2.39. The van der Waals surface area contributed by atoms with Gasteiger partial charge in [-0.25, -0.2) is 4.79 Å². The van der Waals surface area contributed by atoms with Crippen molar-refractivity contribution in [2.24, 2.45) is 5.73 Å². The van der Waals surface area contributed by atoms with Gasteiger partial charge in [-0.3, -0.25) is 0 Å². The van der Waals surface area contributed by atoms with Crippen molar-refractivity contribution in [1.29, 1.82) is 0 Å². The van der Waals surface area contributed by atoms with Gasteiger partial charge < -0.3 is 16.4 Å². The number of carbonyl (C=O) groups excluding carboxylic acids is 1. The van der Waals surface area contributed by atoms with Crippen LogP contribution >= 0.6 is 11.8 Å². The number of nitrogens with two attached hydrogens (primary N) is 1. The van der Waals surface area contributed by atoms with Gasteiger partial charge in [0.05, 0.1) is 0 Å². The number of hydrogen-bond donors (Lipinski definition) is 3. The minimum Gasteiger partial charge on any atom is -0.335 e. The fourth-order valence-electron chi connectivity index (χ4n) is 2.09. The van der Waals surface area contributed by atoms with E-state index in [0.717, 1.165) is 35.6 Å². The first kappa shape index (κ1) is 14.2. The molecule has 0 saturated carbocycles. The van der Waals surface area contributed by atoms with E-state index in [4.69, 9.17) is 5.73 Å². The number of nitrogens with one attached hydrogen (secondary N) is 2. The summed E-state index contributed by atoms with van der Waals surface area (Å²) in [4.78, 5) is 11.9. The van der Waals surface area contributed by atoms with E-state index in [2.05, 4.69) is 10.6 Å². The van der Waals surface area contributed by atoms with E-state index in [1.165, 1.54) is 0 Å². The molecule has 4 N–H and O–H groups in total. The van der Waals surface area contributed by atoms with Crippen molar-refractivity contribution >= 4 is 23.5 Å². The number of thioether (sulfide) groups is 1. The molecule has 2 rings (SSSR count). The van der Waals surface area contributed by atoms with Gasteiger partial charge in [0.25, 0.3) is 0 Å². The Kier molecular flexibility index (Phi) is 5.10. The van der Waals surface area contributed by atoms with Gasteiger partial charge in [-0.05, 0) is 49.0 Å². The smallest absolute Gasteiger partial charge is 0.319 e. The van der Waals surface area contributed by atoms with Crippen LogP contribution in [0.1, 0.15) is 31.4 Å². The lowest BCUT2D eigenvalue weighted by molar-refractivity contribution is 0.247. The minimum absolute atomic E-state index is 0.0276. The molecule has 1 unspecified atom stereocenters. The number of urea groups is 1.